The molecular weight excluding hydrogens is 331 g/mol. The molecule has 0 unspecified atom stereocenters. The first-order valence-electron chi connectivity index (χ1n) is 7.81. The van der Waals surface area contributed by atoms with Gasteiger partial charge in [-0.15, -0.1) is 12.4 Å². The molecule has 1 aliphatic rings. The lowest BCUT2D eigenvalue weighted by atomic mass is 9.99. The number of unbranched alkanes of at least 4 members (excludes halogenated alkanes) is 1. The fraction of sp³-hybridized carbons (Fsp3) is 0.412. The molecule has 0 fully saturated rings. The summed E-state index contributed by atoms with van der Waals surface area (Å²) in [7, 11) is 0. The van der Waals surface area contributed by atoms with E-state index in [1.165, 1.54) is 17.6 Å². The van der Waals surface area contributed by atoms with Gasteiger partial charge < -0.3 is 0 Å². The predicted molar refractivity (Wildman–Crippen MR) is 97.0 cm³/mol. The van der Waals surface area contributed by atoms with Gasteiger partial charge in [0.25, 0.3) is 0 Å². The number of nitrogens with zero attached hydrogens (tertiary/aromatic N) is 4. The fourth-order valence-electron chi connectivity index (χ4n) is 2.80. The Morgan fingerprint density at radius 2 is 1.87 bits per heavy atom. The maximum atomic E-state index is 5.94. The normalized spacial score (nSPS) is 15.1. The Kier molecular flexibility index (Phi) is 7.09. The topological polar surface area (TPSA) is 34.0 Å². The van der Waals surface area contributed by atoms with Gasteiger partial charge >= 0.3 is 0 Å². The van der Waals surface area contributed by atoms with Crippen LogP contribution in [0, 0.1) is 0 Å². The molecule has 0 radical (unpaired) electrons. The zero-order valence-corrected chi connectivity index (χ0v) is 14.6. The molecule has 0 amide bonds. The lowest BCUT2D eigenvalue weighted by molar-refractivity contribution is 0.291. The number of rotatable bonds is 6. The third kappa shape index (κ3) is 5.34. The highest BCUT2D eigenvalue weighted by atomic mass is 35.5. The summed E-state index contributed by atoms with van der Waals surface area (Å²) in [5.41, 5.74) is 2.74. The van der Waals surface area contributed by atoms with Gasteiger partial charge in [0.05, 0.1) is 0 Å². The molecule has 23 heavy (non-hydrogen) atoms. The van der Waals surface area contributed by atoms with Crippen molar-refractivity contribution in [2.45, 2.75) is 25.8 Å². The smallest absolute Gasteiger partial charge is 0.137 e. The summed E-state index contributed by atoms with van der Waals surface area (Å²) in [6, 6.07) is 8.16. The van der Waals surface area contributed by atoms with Crippen LogP contribution in [0.3, 0.4) is 0 Å². The minimum atomic E-state index is 0. The third-order valence-corrected chi connectivity index (χ3v) is 4.34. The van der Waals surface area contributed by atoms with Gasteiger partial charge in [0.1, 0.15) is 12.7 Å². The van der Waals surface area contributed by atoms with Crippen LogP contribution < -0.4 is 0 Å². The van der Waals surface area contributed by atoms with Gasteiger partial charge in [-0.25, -0.2) is 4.98 Å². The summed E-state index contributed by atoms with van der Waals surface area (Å²) in [5.74, 6) is 0. The van der Waals surface area contributed by atoms with Crippen molar-refractivity contribution in [1.82, 2.24) is 19.7 Å². The van der Waals surface area contributed by atoms with E-state index in [0.29, 0.717) is 0 Å². The SMILES string of the molecule is Cl.Clc1ccc(C2=CCN(CCCCn3cncn3)CC2)cc1. The monoisotopic (exact) mass is 352 g/mol. The number of aromatic nitrogens is 3. The van der Waals surface area contributed by atoms with E-state index in [1.54, 1.807) is 12.7 Å². The lowest BCUT2D eigenvalue weighted by Crippen LogP contribution is -2.29. The molecule has 2 heterocycles. The van der Waals surface area contributed by atoms with E-state index in [1.807, 2.05) is 16.8 Å². The van der Waals surface area contributed by atoms with Crippen molar-refractivity contribution < 1.29 is 0 Å². The minimum Gasteiger partial charge on any atom is -0.299 e. The van der Waals surface area contributed by atoms with Gasteiger partial charge in [0, 0.05) is 24.7 Å². The number of halogens is 2. The minimum absolute atomic E-state index is 0. The quantitative estimate of drug-likeness (QED) is 0.738. The van der Waals surface area contributed by atoms with Crippen LogP contribution in [0.25, 0.3) is 5.57 Å². The molecule has 124 valence electrons. The molecule has 3 rings (SSSR count). The molecule has 1 aliphatic heterocycles. The summed E-state index contributed by atoms with van der Waals surface area (Å²) >= 11 is 5.94. The van der Waals surface area contributed by atoms with Gasteiger partial charge in [-0.05, 0) is 49.1 Å². The van der Waals surface area contributed by atoms with Crippen LogP contribution in [0.4, 0.5) is 0 Å². The standard InChI is InChI=1S/C17H21ClN4.ClH/c18-17-5-3-15(4-6-17)16-7-11-21(12-8-16)9-1-2-10-22-14-19-13-20-22;/h3-7,13-14H,1-2,8-12H2;1H. The van der Waals surface area contributed by atoms with Crippen LogP contribution in [0.1, 0.15) is 24.8 Å². The average molecular weight is 353 g/mol. The van der Waals surface area contributed by atoms with E-state index in [2.05, 4.69) is 33.2 Å². The van der Waals surface area contributed by atoms with Crippen molar-refractivity contribution >= 4 is 29.6 Å². The highest BCUT2D eigenvalue weighted by Gasteiger charge is 2.12. The van der Waals surface area contributed by atoms with Crippen molar-refractivity contribution in [1.29, 1.82) is 0 Å². The van der Waals surface area contributed by atoms with Gasteiger partial charge in [0.2, 0.25) is 0 Å². The molecule has 4 nitrogen and oxygen atoms in total. The Morgan fingerprint density at radius 3 is 2.52 bits per heavy atom. The van der Waals surface area contributed by atoms with Crippen LogP contribution in [0.2, 0.25) is 5.02 Å². The van der Waals surface area contributed by atoms with Crippen molar-refractivity contribution in [2.24, 2.45) is 0 Å². The van der Waals surface area contributed by atoms with Crippen LogP contribution >= 0.6 is 24.0 Å². The number of hydrogen-bond donors (Lipinski definition) is 0. The highest BCUT2D eigenvalue weighted by molar-refractivity contribution is 6.30. The van der Waals surface area contributed by atoms with Crippen molar-refractivity contribution in [3.63, 3.8) is 0 Å². The van der Waals surface area contributed by atoms with Crippen LogP contribution in [-0.4, -0.2) is 39.3 Å². The summed E-state index contributed by atoms with van der Waals surface area (Å²) < 4.78 is 1.90. The lowest BCUT2D eigenvalue weighted by Gasteiger charge is -2.26. The Bertz CT molecular complexity index is 608. The number of hydrogen-bond acceptors (Lipinski definition) is 3. The van der Waals surface area contributed by atoms with Gasteiger partial charge in [-0.2, -0.15) is 5.10 Å². The first kappa shape index (κ1) is 18.0. The molecule has 0 saturated heterocycles. The second-order valence-corrected chi connectivity index (χ2v) is 6.09. The van der Waals surface area contributed by atoms with E-state index in [0.717, 1.165) is 44.0 Å². The molecule has 0 spiro atoms. The van der Waals surface area contributed by atoms with Crippen molar-refractivity contribution in [3.8, 4) is 0 Å². The van der Waals surface area contributed by atoms with Crippen LogP contribution in [0.15, 0.2) is 43.0 Å². The largest absolute Gasteiger partial charge is 0.299 e. The van der Waals surface area contributed by atoms with E-state index >= 15 is 0 Å². The van der Waals surface area contributed by atoms with E-state index in [9.17, 15) is 0 Å². The average Bonchev–Trinajstić information content (AvgIpc) is 3.06. The molecule has 0 atom stereocenters. The molecule has 0 N–H and O–H groups in total. The van der Waals surface area contributed by atoms with Gasteiger partial charge in [-0.1, -0.05) is 29.8 Å². The van der Waals surface area contributed by atoms with Crippen LogP contribution in [0.5, 0.6) is 0 Å². The molecule has 6 heteroatoms. The number of benzene rings is 1. The van der Waals surface area contributed by atoms with Crippen molar-refractivity contribution in [2.75, 3.05) is 19.6 Å². The maximum absolute atomic E-state index is 5.94. The van der Waals surface area contributed by atoms with Gasteiger partial charge in [0.15, 0.2) is 0 Å². The Hall–Kier alpha value is -1.36. The molecule has 1 aromatic carbocycles. The predicted octanol–water partition coefficient (Wildman–Crippen LogP) is 3.92. The summed E-state index contributed by atoms with van der Waals surface area (Å²) in [6.45, 7) is 4.29. The Balaban J connectivity index is 0.00000192. The van der Waals surface area contributed by atoms with Crippen molar-refractivity contribution in [3.05, 3.63) is 53.6 Å². The maximum Gasteiger partial charge on any atom is 0.137 e. The Labute approximate surface area is 148 Å². The summed E-state index contributed by atoms with van der Waals surface area (Å²) in [4.78, 5) is 6.47. The molecular formula is C17H22Cl2N4. The molecule has 0 bridgehead atoms. The molecule has 0 aliphatic carbocycles. The van der Waals surface area contributed by atoms with E-state index in [4.69, 9.17) is 11.6 Å². The van der Waals surface area contributed by atoms with E-state index in [-0.39, 0.29) is 12.4 Å². The van der Waals surface area contributed by atoms with Crippen LogP contribution in [-0.2, 0) is 6.54 Å². The molecule has 2 aromatic rings. The fourth-order valence-corrected chi connectivity index (χ4v) is 2.92. The first-order valence-corrected chi connectivity index (χ1v) is 8.19. The molecule has 1 aromatic heterocycles. The zero-order chi connectivity index (χ0) is 15.2. The zero-order valence-electron chi connectivity index (χ0n) is 13.1. The van der Waals surface area contributed by atoms with Gasteiger partial charge in [-0.3, -0.25) is 9.58 Å². The second-order valence-electron chi connectivity index (χ2n) is 5.65. The van der Waals surface area contributed by atoms with E-state index < -0.39 is 0 Å². The number of aryl methyl sites for hydroxylation is 1. The first-order chi connectivity index (χ1) is 10.8. The highest BCUT2D eigenvalue weighted by Crippen LogP contribution is 2.23. The second kappa shape index (κ2) is 9.06. The summed E-state index contributed by atoms with van der Waals surface area (Å²) in [5, 5.41) is 4.92. The molecule has 0 saturated carbocycles. The Morgan fingerprint density at radius 1 is 1.09 bits per heavy atom. The summed E-state index contributed by atoms with van der Waals surface area (Å²) in [6.07, 6.45) is 9.18. The third-order valence-electron chi connectivity index (χ3n) is 4.09.